The van der Waals surface area contributed by atoms with Crippen molar-refractivity contribution in [2.45, 2.75) is 45.1 Å². The highest BCUT2D eigenvalue weighted by Crippen LogP contribution is 2.49. The SMILES string of the molecule is C[C@@H](OC(=O)C[C@@H]1C[C@H]2CC[C@H]1C2)C(=O)Nc1ccc(N2CCOCC2)cc1. The molecule has 4 atom stereocenters. The molecule has 1 aromatic rings. The summed E-state index contributed by atoms with van der Waals surface area (Å²) in [4.78, 5) is 26.9. The molecular formula is C22H30N2O4. The van der Waals surface area contributed by atoms with Gasteiger partial charge in [0.05, 0.1) is 13.2 Å². The minimum absolute atomic E-state index is 0.247. The number of nitrogens with zero attached hydrogens (tertiary/aromatic N) is 1. The van der Waals surface area contributed by atoms with Crippen LogP contribution in [0.1, 0.15) is 39.0 Å². The van der Waals surface area contributed by atoms with Gasteiger partial charge in [-0.3, -0.25) is 9.59 Å². The van der Waals surface area contributed by atoms with Gasteiger partial charge in [-0.1, -0.05) is 6.42 Å². The first-order valence-corrected chi connectivity index (χ1v) is 10.5. The molecule has 1 amide bonds. The van der Waals surface area contributed by atoms with E-state index in [9.17, 15) is 9.59 Å². The maximum Gasteiger partial charge on any atom is 0.306 e. The Bertz CT molecular complexity index is 699. The Hall–Kier alpha value is -2.08. The first-order valence-electron chi connectivity index (χ1n) is 10.5. The van der Waals surface area contributed by atoms with Crippen LogP contribution < -0.4 is 10.2 Å². The second-order valence-electron chi connectivity index (χ2n) is 8.41. The number of carbonyl (C=O) groups is 2. The van der Waals surface area contributed by atoms with Crippen LogP contribution in [0.2, 0.25) is 0 Å². The highest BCUT2D eigenvalue weighted by Gasteiger charge is 2.40. The summed E-state index contributed by atoms with van der Waals surface area (Å²) in [5, 5.41) is 2.84. The van der Waals surface area contributed by atoms with Crippen LogP contribution in [0.4, 0.5) is 11.4 Å². The Morgan fingerprint density at radius 2 is 1.93 bits per heavy atom. The van der Waals surface area contributed by atoms with Crippen LogP contribution in [-0.2, 0) is 19.1 Å². The Labute approximate surface area is 166 Å². The van der Waals surface area contributed by atoms with Gasteiger partial charge in [-0.15, -0.1) is 0 Å². The fraction of sp³-hybridized carbons (Fsp3) is 0.636. The average Bonchev–Trinajstić information content (AvgIpc) is 3.32. The van der Waals surface area contributed by atoms with Crippen LogP contribution in [-0.4, -0.2) is 44.3 Å². The molecule has 1 aliphatic heterocycles. The highest BCUT2D eigenvalue weighted by atomic mass is 16.5. The van der Waals surface area contributed by atoms with E-state index in [0.717, 1.165) is 44.3 Å². The van der Waals surface area contributed by atoms with Crippen LogP contribution in [0.25, 0.3) is 0 Å². The normalized spacial score (nSPS) is 27.5. The number of esters is 1. The number of carbonyl (C=O) groups excluding carboxylic acids is 2. The standard InChI is InChI=1S/C22H30N2O4/c1-15(28-21(25)14-18-13-16-2-3-17(18)12-16)22(26)23-19-4-6-20(7-5-19)24-8-10-27-11-9-24/h4-7,15-18H,2-3,8-14H2,1H3,(H,23,26)/t15-,16+,17+,18+/m1/s1. The summed E-state index contributed by atoms with van der Waals surface area (Å²) < 4.78 is 10.8. The number of anilines is 2. The lowest BCUT2D eigenvalue weighted by atomic mass is 9.86. The highest BCUT2D eigenvalue weighted by molar-refractivity contribution is 5.95. The number of ether oxygens (including phenoxy) is 2. The zero-order chi connectivity index (χ0) is 19.5. The molecule has 0 unspecified atom stereocenters. The lowest BCUT2D eigenvalue weighted by Crippen LogP contribution is -2.36. The van der Waals surface area contributed by atoms with Gasteiger partial charge in [-0.25, -0.2) is 0 Å². The van der Waals surface area contributed by atoms with E-state index in [-0.39, 0.29) is 11.9 Å². The molecule has 1 aromatic carbocycles. The van der Waals surface area contributed by atoms with Crippen LogP contribution in [0, 0.1) is 17.8 Å². The number of hydrogen-bond acceptors (Lipinski definition) is 5. The van der Waals surface area contributed by atoms with Gasteiger partial charge in [-0.05, 0) is 68.2 Å². The van der Waals surface area contributed by atoms with Crippen molar-refractivity contribution >= 4 is 23.3 Å². The second-order valence-corrected chi connectivity index (χ2v) is 8.41. The lowest BCUT2D eigenvalue weighted by molar-refractivity contribution is -0.154. The van der Waals surface area contributed by atoms with Gasteiger partial charge in [-0.2, -0.15) is 0 Å². The third-order valence-corrected chi connectivity index (χ3v) is 6.50. The van der Waals surface area contributed by atoms with Gasteiger partial charge < -0.3 is 19.7 Å². The maximum atomic E-state index is 12.4. The maximum absolute atomic E-state index is 12.4. The molecule has 1 heterocycles. The van der Waals surface area contributed by atoms with E-state index >= 15 is 0 Å². The minimum Gasteiger partial charge on any atom is -0.453 e. The predicted octanol–water partition coefficient (Wildman–Crippen LogP) is 3.22. The van der Waals surface area contributed by atoms with Crippen molar-refractivity contribution in [2.75, 3.05) is 36.5 Å². The topological polar surface area (TPSA) is 67.9 Å². The zero-order valence-electron chi connectivity index (χ0n) is 16.6. The van der Waals surface area contributed by atoms with Crippen molar-refractivity contribution < 1.29 is 19.1 Å². The van der Waals surface area contributed by atoms with E-state index < -0.39 is 6.10 Å². The van der Waals surface area contributed by atoms with E-state index in [2.05, 4.69) is 10.2 Å². The van der Waals surface area contributed by atoms with Crippen molar-refractivity contribution in [3.63, 3.8) is 0 Å². The molecule has 3 fully saturated rings. The number of hydrogen-bond donors (Lipinski definition) is 1. The Morgan fingerprint density at radius 3 is 2.57 bits per heavy atom. The van der Waals surface area contributed by atoms with Gasteiger partial charge in [0.15, 0.2) is 6.10 Å². The first kappa shape index (κ1) is 19.2. The van der Waals surface area contributed by atoms with Gasteiger partial charge in [0.2, 0.25) is 0 Å². The third-order valence-electron chi connectivity index (χ3n) is 6.50. The number of amides is 1. The molecule has 152 valence electrons. The molecule has 6 nitrogen and oxygen atoms in total. The van der Waals surface area contributed by atoms with E-state index in [0.29, 0.717) is 23.9 Å². The van der Waals surface area contributed by atoms with Crippen molar-refractivity contribution in [3.05, 3.63) is 24.3 Å². The number of fused-ring (bicyclic) bond motifs is 2. The van der Waals surface area contributed by atoms with E-state index in [1.807, 2.05) is 24.3 Å². The first-order chi connectivity index (χ1) is 13.6. The summed E-state index contributed by atoms with van der Waals surface area (Å²) in [6.45, 7) is 4.87. The molecule has 28 heavy (non-hydrogen) atoms. The Kier molecular flexibility index (Phi) is 5.85. The fourth-order valence-electron chi connectivity index (χ4n) is 4.96. The van der Waals surface area contributed by atoms with Crippen LogP contribution in [0.5, 0.6) is 0 Å². The molecule has 0 radical (unpaired) electrons. The van der Waals surface area contributed by atoms with Crippen LogP contribution >= 0.6 is 0 Å². The Morgan fingerprint density at radius 1 is 1.18 bits per heavy atom. The number of rotatable bonds is 6. The molecular weight excluding hydrogens is 356 g/mol. The minimum atomic E-state index is -0.787. The summed E-state index contributed by atoms with van der Waals surface area (Å²) in [6.07, 6.45) is 4.65. The molecule has 1 N–H and O–H groups in total. The van der Waals surface area contributed by atoms with Crippen LogP contribution in [0.3, 0.4) is 0 Å². The Balaban J connectivity index is 1.24. The molecule has 6 heteroatoms. The summed E-state index contributed by atoms with van der Waals surface area (Å²) in [7, 11) is 0. The third kappa shape index (κ3) is 4.49. The molecule has 2 bridgehead atoms. The monoisotopic (exact) mass is 386 g/mol. The lowest BCUT2D eigenvalue weighted by Gasteiger charge is -2.29. The quantitative estimate of drug-likeness (QED) is 0.761. The van der Waals surface area contributed by atoms with Gasteiger partial charge in [0.1, 0.15) is 0 Å². The van der Waals surface area contributed by atoms with Gasteiger partial charge >= 0.3 is 5.97 Å². The van der Waals surface area contributed by atoms with Gasteiger partial charge in [0, 0.05) is 30.9 Å². The number of benzene rings is 1. The van der Waals surface area contributed by atoms with Crippen molar-refractivity contribution in [2.24, 2.45) is 17.8 Å². The summed E-state index contributed by atoms with van der Waals surface area (Å²) in [5.41, 5.74) is 1.82. The molecule has 0 aromatic heterocycles. The predicted molar refractivity (Wildman–Crippen MR) is 107 cm³/mol. The van der Waals surface area contributed by atoms with Crippen molar-refractivity contribution in [1.82, 2.24) is 0 Å². The summed E-state index contributed by atoms with van der Waals surface area (Å²) in [5.74, 6) is 1.41. The largest absolute Gasteiger partial charge is 0.453 e. The summed E-state index contributed by atoms with van der Waals surface area (Å²) >= 11 is 0. The fourth-order valence-corrected chi connectivity index (χ4v) is 4.96. The van der Waals surface area contributed by atoms with Gasteiger partial charge in [0.25, 0.3) is 5.91 Å². The smallest absolute Gasteiger partial charge is 0.306 e. The van der Waals surface area contributed by atoms with Crippen molar-refractivity contribution in [3.8, 4) is 0 Å². The second kappa shape index (κ2) is 8.52. The van der Waals surface area contributed by atoms with Crippen LogP contribution in [0.15, 0.2) is 24.3 Å². The van der Waals surface area contributed by atoms with E-state index in [4.69, 9.17) is 9.47 Å². The molecule has 1 saturated heterocycles. The number of morpholine rings is 1. The van der Waals surface area contributed by atoms with Crippen molar-refractivity contribution in [1.29, 1.82) is 0 Å². The molecule has 3 aliphatic rings. The van der Waals surface area contributed by atoms with E-state index in [1.54, 1.807) is 6.92 Å². The molecule has 0 spiro atoms. The molecule has 2 saturated carbocycles. The van der Waals surface area contributed by atoms with E-state index in [1.165, 1.54) is 19.3 Å². The molecule has 2 aliphatic carbocycles. The number of nitrogens with one attached hydrogen (secondary N) is 1. The zero-order valence-corrected chi connectivity index (χ0v) is 16.6. The summed E-state index contributed by atoms with van der Waals surface area (Å²) in [6, 6.07) is 7.75. The average molecular weight is 386 g/mol. The molecule has 4 rings (SSSR count).